The van der Waals surface area contributed by atoms with Gasteiger partial charge in [-0.25, -0.2) is 8.42 Å². The molecule has 1 aromatic heterocycles. The summed E-state index contributed by atoms with van der Waals surface area (Å²) in [5, 5.41) is 37.1. The molecule has 1 aliphatic heterocycles. The minimum Gasteiger partial charge on any atom is -0.493 e. The van der Waals surface area contributed by atoms with Crippen LogP contribution in [0.4, 0.5) is 5.69 Å². The second kappa shape index (κ2) is 23.5. The third-order valence-corrected chi connectivity index (χ3v) is 16.5. The number of hydrogen-bond acceptors (Lipinski definition) is 13. The molecule has 6 atom stereocenters. The summed E-state index contributed by atoms with van der Waals surface area (Å²) in [5.41, 5.74) is 3.21. The normalized spacial score (nSPS) is 22.2. The summed E-state index contributed by atoms with van der Waals surface area (Å²) in [6, 6.07) is 29.9. The van der Waals surface area contributed by atoms with Crippen molar-refractivity contribution in [3.8, 4) is 11.5 Å². The quantitative estimate of drug-likeness (QED) is 0.0186. The molecule has 0 saturated heterocycles. The number of aliphatic hydroxyl groups excluding tert-OH is 2. The predicted octanol–water partition coefficient (Wildman–Crippen LogP) is 10.2. The van der Waals surface area contributed by atoms with E-state index in [1.54, 1.807) is 54.4 Å². The number of allylic oxidation sites excluding steroid dienone is 1. The number of ether oxygens (including phenoxy) is 3. The zero-order valence-corrected chi connectivity index (χ0v) is 41.1. The Labute approximate surface area is 414 Å². The van der Waals surface area contributed by atoms with Crippen molar-refractivity contribution in [2.24, 2.45) is 22.9 Å². The number of non-ortho nitro benzene ring substituents is 1. The van der Waals surface area contributed by atoms with Gasteiger partial charge in [-0.3, -0.25) is 15.1 Å². The Bertz CT molecular complexity index is 2750. The van der Waals surface area contributed by atoms with Gasteiger partial charge in [0, 0.05) is 72.0 Å². The molecule has 14 nitrogen and oxygen atoms in total. The van der Waals surface area contributed by atoms with Crippen LogP contribution in [-0.2, 0) is 26.2 Å². The van der Waals surface area contributed by atoms with Crippen molar-refractivity contribution < 1.29 is 42.6 Å². The molecule has 0 amide bonds. The average Bonchev–Trinajstić information content (AvgIpc) is 3.37. The molecule has 70 heavy (non-hydrogen) atoms. The van der Waals surface area contributed by atoms with Gasteiger partial charge in [-0.1, -0.05) is 73.5 Å². The molecule has 8 rings (SSSR count). The number of unbranched alkanes of at least 4 members (excludes halogenated alkanes) is 2. The number of rotatable bonds is 25. The molecule has 2 heterocycles. The average molecular weight is 991 g/mol. The monoisotopic (exact) mass is 990 g/mol. The van der Waals surface area contributed by atoms with E-state index in [9.17, 15) is 20.3 Å². The van der Waals surface area contributed by atoms with Crippen molar-refractivity contribution in [2.75, 3.05) is 38.7 Å². The number of oxime groups is 1. The van der Waals surface area contributed by atoms with E-state index >= 15 is 8.42 Å². The summed E-state index contributed by atoms with van der Waals surface area (Å²) in [7, 11) is -4.36. The van der Waals surface area contributed by atoms with Crippen molar-refractivity contribution >= 4 is 44.1 Å². The van der Waals surface area contributed by atoms with Gasteiger partial charge in [-0.15, -0.1) is 18.3 Å². The minimum absolute atomic E-state index is 0.00338. The van der Waals surface area contributed by atoms with E-state index in [-0.39, 0.29) is 67.7 Å². The van der Waals surface area contributed by atoms with Gasteiger partial charge in [0.25, 0.3) is 5.69 Å². The number of pyridine rings is 1. The van der Waals surface area contributed by atoms with Crippen molar-refractivity contribution in [3.05, 3.63) is 155 Å². The third-order valence-electron chi connectivity index (χ3n) is 13.5. The zero-order chi connectivity index (χ0) is 49.1. The van der Waals surface area contributed by atoms with E-state index in [0.717, 1.165) is 47.5 Å². The van der Waals surface area contributed by atoms with E-state index in [4.69, 9.17) is 24.2 Å². The van der Waals surface area contributed by atoms with Crippen molar-refractivity contribution in [2.45, 2.75) is 92.4 Å². The summed E-state index contributed by atoms with van der Waals surface area (Å²) < 4.78 is 53.8. The molecule has 3 aliphatic rings. The van der Waals surface area contributed by atoms with Crippen LogP contribution in [0.1, 0.15) is 75.3 Å². The van der Waals surface area contributed by atoms with Gasteiger partial charge < -0.3 is 29.3 Å². The van der Waals surface area contributed by atoms with Crippen LogP contribution in [0.15, 0.2) is 149 Å². The number of nitrogens with zero attached hydrogens (tertiary/aromatic N) is 4. The standard InChI is InChI=1S/C54H62N4O10S2/c1-3-28-57(70(63,64)49-20-12-15-39-16-13-27-55-53(39)49)50-36-47(56-67-37-38-21-23-41(24-22-38)58(61)62)45-34-40(14-8-10-29-59)44(19-9-11-30-60)51-46-35-42(65-32-33-69-43-17-6-5-7-18-43)25-26-48(46)68-54(50,52(45)51)66-31-4-2/h4-7,12-13,15-18,20-27,34-35,40,44,50-52,59-60H,2-3,8-11,14,19,28-33,36-37H2,1H3. The molecule has 2 N–H and O–H groups in total. The number of fused-ring (bicyclic) bond motifs is 3. The van der Waals surface area contributed by atoms with Crippen LogP contribution < -0.4 is 9.47 Å². The molecule has 4 aromatic carbocycles. The van der Waals surface area contributed by atoms with Gasteiger partial charge >= 0.3 is 0 Å². The number of aliphatic hydroxyl groups is 2. The fourth-order valence-electron chi connectivity index (χ4n) is 10.5. The Balaban J connectivity index is 1.31. The van der Waals surface area contributed by atoms with Gasteiger partial charge in [0.15, 0.2) is 0 Å². The number of para-hydroxylation sites is 1. The Hall–Kier alpha value is -5.62. The Morgan fingerprint density at radius 2 is 1.76 bits per heavy atom. The molecule has 0 radical (unpaired) electrons. The zero-order valence-electron chi connectivity index (χ0n) is 39.5. The Morgan fingerprint density at radius 1 is 0.986 bits per heavy atom. The summed E-state index contributed by atoms with van der Waals surface area (Å²) in [5.74, 6) is -0.722. The van der Waals surface area contributed by atoms with Crippen LogP contribution in [0.2, 0.25) is 0 Å². The highest BCUT2D eigenvalue weighted by Gasteiger charge is 2.66. The number of hydrogen-bond donors (Lipinski definition) is 2. The summed E-state index contributed by atoms with van der Waals surface area (Å²) in [6.45, 7) is 6.67. The number of aromatic nitrogens is 1. The molecule has 1 fully saturated rings. The molecular formula is C54H62N4O10S2. The molecule has 0 bridgehead atoms. The van der Waals surface area contributed by atoms with Gasteiger partial charge in [0.05, 0.1) is 41.3 Å². The first kappa shape index (κ1) is 50.8. The Kier molecular flexibility index (Phi) is 17.1. The highest BCUT2D eigenvalue weighted by molar-refractivity contribution is 7.99. The molecule has 370 valence electrons. The van der Waals surface area contributed by atoms with Crippen molar-refractivity contribution in [1.82, 2.24) is 9.29 Å². The van der Waals surface area contributed by atoms with Crippen LogP contribution in [0.3, 0.4) is 0 Å². The maximum Gasteiger partial charge on any atom is 0.269 e. The first-order valence-corrected chi connectivity index (χ1v) is 26.7. The van der Waals surface area contributed by atoms with Crippen molar-refractivity contribution in [1.29, 1.82) is 0 Å². The van der Waals surface area contributed by atoms with E-state index in [1.165, 1.54) is 16.4 Å². The fourth-order valence-corrected chi connectivity index (χ4v) is 13.2. The number of thioether (sulfide) groups is 1. The lowest BCUT2D eigenvalue weighted by Gasteiger charge is -2.59. The summed E-state index contributed by atoms with van der Waals surface area (Å²) >= 11 is 1.71. The van der Waals surface area contributed by atoms with Gasteiger partial charge in [-0.2, -0.15) is 4.31 Å². The fraction of sp³-hybridized carbons (Fsp3) is 0.407. The highest BCUT2D eigenvalue weighted by Crippen LogP contribution is 2.62. The van der Waals surface area contributed by atoms with E-state index in [0.29, 0.717) is 59.5 Å². The SMILES string of the molecule is C=CCOC12Oc3ccc(OCCSc4ccccc4)cc3C3C(CCCCO)C(CCCCO)C=C(C(=NOCc4ccc([N+](=O)[O-])cc4)CC1N(CCC)S(=O)(=O)c1cccc4cccnc14)C32. The third kappa shape index (κ3) is 11.0. The lowest BCUT2D eigenvalue weighted by atomic mass is 9.55. The second-order valence-electron chi connectivity index (χ2n) is 17.9. The number of sulfonamides is 1. The lowest BCUT2D eigenvalue weighted by Crippen LogP contribution is -2.70. The molecular weight excluding hydrogens is 929 g/mol. The molecule has 2 aliphatic carbocycles. The topological polar surface area (TPSA) is 183 Å². The van der Waals surface area contributed by atoms with Gasteiger partial charge in [0.2, 0.25) is 15.8 Å². The molecule has 6 unspecified atom stereocenters. The maximum absolute atomic E-state index is 15.7. The number of nitro benzene ring substituents is 1. The predicted molar refractivity (Wildman–Crippen MR) is 271 cm³/mol. The van der Waals surface area contributed by atoms with Crippen LogP contribution in [0, 0.1) is 27.9 Å². The van der Waals surface area contributed by atoms with E-state index < -0.39 is 32.7 Å². The molecule has 1 saturated carbocycles. The van der Waals surface area contributed by atoms with Crippen LogP contribution in [0.5, 0.6) is 11.5 Å². The summed E-state index contributed by atoms with van der Waals surface area (Å²) in [6.07, 6.45) is 10.2. The van der Waals surface area contributed by atoms with E-state index in [1.807, 2.05) is 49.4 Å². The largest absolute Gasteiger partial charge is 0.493 e. The Morgan fingerprint density at radius 3 is 2.50 bits per heavy atom. The second-order valence-corrected chi connectivity index (χ2v) is 21.0. The van der Waals surface area contributed by atoms with Gasteiger partial charge in [0.1, 0.15) is 23.0 Å². The highest BCUT2D eigenvalue weighted by atomic mass is 32.2. The maximum atomic E-state index is 15.7. The minimum atomic E-state index is -4.36. The van der Waals surface area contributed by atoms with Crippen molar-refractivity contribution in [3.63, 3.8) is 0 Å². The van der Waals surface area contributed by atoms with E-state index in [2.05, 4.69) is 35.8 Å². The molecule has 16 heteroatoms. The number of benzene rings is 4. The van der Waals surface area contributed by atoms with Gasteiger partial charge in [-0.05, 0) is 110 Å². The first-order valence-electron chi connectivity index (χ1n) is 24.2. The number of nitro groups is 1. The smallest absolute Gasteiger partial charge is 0.269 e. The molecule has 0 spiro atoms. The summed E-state index contributed by atoms with van der Waals surface area (Å²) in [4.78, 5) is 23.0. The first-order chi connectivity index (χ1) is 34.1. The van der Waals surface area contributed by atoms with Crippen LogP contribution in [-0.4, -0.2) is 89.1 Å². The van der Waals surface area contributed by atoms with Crippen LogP contribution in [0.25, 0.3) is 10.9 Å². The molecule has 5 aromatic rings. The van der Waals surface area contributed by atoms with Crippen LogP contribution >= 0.6 is 11.8 Å². The lowest BCUT2D eigenvalue weighted by molar-refractivity contribution is -0.384.